The Morgan fingerprint density at radius 1 is 1.67 bits per heavy atom. The second-order valence-corrected chi connectivity index (χ2v) is 1.91. The minimum atomic E-state index is 0.382. The molecule has 0 bridgehead atoms. The van der Waals surface area contributed by atoms with E-state index < -0.39 is 0 Å². The number of nitrogens with zero attached hydrogens (tertiary/aromatic N) is 1. The molecule has 0 saturated carbocycles. The Morgan fingerprint density at radius 2 is 1.67 bits per heavy atom. The standard InChI is InChI=1S/CH3NO.2ClH.Co/c1-2-3;;;/h3H,1H2;2*1H;/q;;;+2/p-2. The van der Waals surface area contributed by atoms with Crippen LogP contribution in [0.4, 0.5) is 0 Å². The molecule has 0 atom stereocenters. The van der Waals surface area contributed by atoms with Gasteiger partial charge in [0.15, 0.2) is 0 Å². The average Bonchev–Trinajstić information content (AvgIpc) is 1.39. The van der Waals surface area contributed by atoms with Gasteiger partial charge in [-0.25, -0.2) is 0 Å². The fourth-order valence-corrected chi connectivity index (χ4v) is 0. The molecule has 5 heteroatoms. The van der Waals surface area contributed by atoms with E-state index in [1.165, 1.54) is 0 Å². The van der Waals surface area contributed by atoms with Gasteiger partial charge in [-0.15, -0.1) is 5.16 Å². The summed E-state index contributed by atoms with van der Waals surface area (Å²) in [5.74, 6) is 0. The fraction of sp³-hybridized carbons (Fsp3) is 0. The molecular formula is CH3Cl2CoNO. The predicted molar refractivity (Wildman–Crippen MR) is 23.0 cm³/mol. The number of oxime groups is 1. The second kappa shape index (κ2) is 17.7. The molecule has 0 heterocycles. The molecule has 0 spiro atoms. The Morgan fingerprint density at radius 3 is 1.67 bits per heavy atom. The zero-order valence-corrected chi connectivity index (χ0v) is 5.24. The Hall–Kier alpha value is 0.556. The van der Waals surface area contributed by atoms with Crippen LogP contribution in [0, 0.1) is 0 Å². The van der Waals surface area contributed by atoms with Crippen molar-refractivity contribution in [2.45, 2.75) is 0 Å². The molecule has 0 amide bonds. The zero-order chi connectivity index (χ0) is 5.41. The van der Waals surface area contributed by atoms with Crippen LogP contribution in [0.5, 0.6) is 0 Å². The van der Waals surface area contributed by atoms with E-state index in [1.807, 2.05) is 0 Å². The van der Waals surface area contributed by atoms with Crippen molar-refractivity contribution in [1.82, 2.24) is 0 Å². The van der Waals surface area contributed by atoms with Crippen LogP contribution in [0.25, 0.3) is 0 Å². The molecule has 0 aliphatic heterocycles. The number of rotatable bonds is 0. The first-order chi connectivity index (χ1) is 2.83. The van der Waals surface area contributed by atoms with Crippen LogP contribution in [-0.4, -0.2) is 11.9 Å². The third-order valence-electron chi connectivity index (χ3n) is 0. The van der Waals surface area contributed by atoms with Gasteiger partial charge in [-0.2, -0.15) is 0 Å². The number of hydrogen-bond acceptors (Lipinski definition) is 2. The van der Waals surface area contributed by atoms with Gasteiger partial charge >= 0.3 is 33.2 Å². The summed E-state index contributed by atoms with van der Waals surface area (Å²) in [6, 6.07) is 0. The summed E-state index contributed by atoms with van der Waals surface area (Å²) in [6.07, 6.45) is 0. The molecule has 0 fully saturated rings. The van der Waals surface area contributed by atoms with Gasteiger partial charge < -0.3 is 5.21 Å². The van der Waals surface area contributed by atoms with Crippen molar-refractivity contribution in [3.8, 4) is 0 Å². The van der Waals surface area contributed by atoms with E-state index in [-0.39, 0.29) is 0 Å². The molecule has 0 aliphatic rings. The summed E-state index contributed by atoms with van der Waals surface area (Å²) in [6.45, 7) is 2.67. The van der Waals surface area contributed by atoms with Crippen molar-refractivity contribution >= 4 is 27.0 Å². The first-order valence-electron chi connectivity index (χ1n) is 0.768. The Balaban J connectivity index is 0. The van der Waals surface area contributed by atoms with Gasteiger partial charge in [0.2, 0.25) is 0 Å². The Kier molecular flexibility index (Phi) is 28.7. The maximum atomic E-state index is 7.08. The van der Waals surface area contributed by atoms with Crippen LogP contribution < -0.4 is 0 Å². The summed E-state index contributed by atoms with van der Waals surface area (Å²) in [4.78, 5) is 0. The first kappa shape index (κ1) is 9.75. The van der Waals surface area contributed by atoms with Crippen LogP contribution in [0.1, 0.15) is 0 Å². The van der Waals surface area contributed by atoms with Crippen molar-refractivity contribution in [3.05, 3.63) is 0 Å². The van der Waals surface area contributed by atoms with Gasteiger partial charge in [0.1, 0.15) is 0 Å². The molecule has 0 aromatic carbocycles. The predicted octanol–water partition coefficient (Wildman–Crippen LogP) is 1.45. The zero-order valence-electron chi connectivity index (χ0n) is 2.69. The molecule has 41 valence electrons. The van der Waals surface area contributed by atoms with E-state index in [9.17, 15) is 0 Å². The summed E-state index contributed by atoms with van der Waals surface area (Å²) < 4.78 is 0. The van der Waals surface area contributed by atoms with Crippen molar-refractivity contribution in [2.24, 2.45) is 5.16 Å². The Labute approximate surface area is 50.6 Å². The molecule has 0 aromatic heterocycles. The van der Waals surface area contributed by atoms with E-state index in [0.717, 1.165) is 0 Å². The van der Waals surface area contributed by atoms with Crippen LogP contribution in [0.2, 0.25) is 0 Å². The molecule has 2 nitrogen and oxygen atoms in total. The van der Waals surface area contributed by atoms with Crippen LogP contribution in [0.3, 0.4) is 0 Å². The van der Waals surface area contributed by atoms with Gasteiger partial charge in [-0.05, 0) is 0 Å². The van der Waals surface area contributed by atoms with Gasteiger partial charge in [0.05, 0.1) is 0 Å². The van der Waals surface area contributed by atoms with Crippen molar-refractivity contribution in [3.63, 3.8) is 0 Å². The molecule has 0 saturated heterocycles. The van der Waals surface area contributed by atoms with E-state index in [2.05, 4.69) is 11.9 Å². The molecule has 0 unspecified atom stereocenters. The molecule has 0 aliphatic carbocycles. The van der Waals surface area contributed by atoms with Gasteiger partial charge in [-0.3, -0.25) is 0 Å². The van der Waals surface area contributed by atoms with Crippen LogP contribution >= 0.6 is 20.3 Å². The van der Waals surface area contributed by atoms with Crippen LogP contribution in [0.15, 0.2) is 5.16 Å². The number of halogens is 2. The Bertz CT molecular complexity index is 27.5. The van der Waals surface area contributed by atoms with Crippen molar-refractivity contribution in [2.75, 3.05) is 0 Å². The fourth-order valence-electron chi connectivity index (χ4n) is 0. The summed E-state index contributed by atoms with van der Waals surface area (Å²) >= 11 is 0.382. The topological polar surface area (TPSA) is 32.6 Å². The molecule has 6 heavy (non-hydrogen) atoms. The van der Waals surface area contributed by atoms with E-state index >= 15 is 0 Å². The van der Waals surface area contributed by atoms with E-state index in [4.69, 9.17) is 25.5 Å². The van der Waals surface area contributed by atoms with Gasteiger partial charge in [-0.1, -0.05) is 0 Å². The van der Waals surface area contributed by atoms with Gasteiger partial charge in [0, 0.05) is 6.72 Å². The third kappa shape index (κ3) is 186. The summed E-state index contributed by atoms with van der Waals surface area (Å²) in [7, 11) is 9.47. The SMILES string of the molecule is C=NO.[Cl][Co][Cl]. The summed E-state index contributed by atoms with van der Waals surface area (Å²) in [5, 5.41) is 9.33. The molecule has 0 rings (SSSR count). The molecule has 1 N–H and O–H groups in total. The third-order valence-corrected chi connectivity index (χ3v) is 0. The van der Waals surface area contributed by atoms with Gasteiger partial charge in [0.25, 0.3) is 0 Å². The van der Waals surface area contributed by atoms with Crippen molar-refractivity contribution in [1.29, 1.82) is 0 Å². The summed E-state index contributed by atoms with van der Waals surface area (Å²) in [5.41, 5.74) is 0. The molecule has 0 aromatic rings. The monoisotopic (exact) mass is 174 g/mol. The van der Waals surface area contributed by atoms with Crippen molar-refractivity contribution < 1.29 is 18.1 Å². The van der Waals surface area contributed by atoms with E-state index in [0.29, 0.717) is 12.9 Å². The number of hydrogen-bond donors (Lipinski definition) is 1. The maximum absolute atomic E-state index is 7.08. The van der Waals surface area contributed by atoms with Crippen LogP contribution in [-0.2, 0) is 12.9 Å². The molecular weight excluding hydrogens is 172 g/mol. The molecule has 0 radical (unpaired) electrons. The first-order valence-corrected chi connectivity index (χ1v) is 3.63. The van der Waals surface area contributed by atoms with E-state index in [1.54, 1.807) is 0 Å². The normalized spacial score (nSPS) is 5.67. The quantitative estimate of drug-likeness (QED) is 0.337. The average molecular weight is 175 g/mol. The second-order valence-electron chi connectivity index (χ2n) is 0.189. The minimum absolute atomic E-state index is 0.382.